The number of nitro groups is 1. The fourth-order valence-corrected chi connectivity index (χ4v) is 3.66. The van der Waals surface area contributed by atoms with Crippen molar-refractivity contribution in [1.29, 1.82) is 0 Å². The van der Waals surface area contributed by atoms with Crippen molar-refractivity contribution >= 4 is 23.2 Å². The number of aromatic hydroxyl groups is 1. The summed E-state index contributed by atoms with van der Waals surface area (Å²) < 4.78 is 0. The fraction of sp³-hybridized carbons (Fsp3) is 0.364. The second-order valence-corrected chi connectivity index (χ2v) is 7.46. The van der Waals surface area contributed by atoms with Crippen LogP contribution >= 0.6 is 0 Å². The molecule has 0 unspecified atom stereocenters. The van der Waals surface area contributed by atoms with E-state index in [0.29, 0.717) is 56.7 Å². The Morgan fingerprint density at radius 3 is 2.48 bits per heavy atom. The third-order valence-electron chi connectivity index (χ3n) is 5.33. The molecule has 31 heavy (non-hydrogen) atoms. The Kier molecular flexibility index (Phi) is 7.42. The lowest BCUT2D eigenvalue weighted by molar-refractivity contribution is -0.384. The Morgan fingerprint density at radius 2 is 1.77 bits per heavy atom. The number of phenolic OH excluding ortho intramolecular Hbond substituents is 1. The van der Waals surface area contributed by atoms with Gasteiger partial charge in [0.25, 0.3) is 11.6 Å². The molecule has 0 bridgehead atoms. The molecular weight excluding hydrogens is 400 g/mol. The number of nitrogens with one attached hydrogen (secondary N) is 2. The highest BCUT2D eigenvalue weighted by molar-refractivity contribution is 5.94. The number of benzene rings is 2. The van der Waals surface area contributed by atoms with E-state index >= 15 is 0 Å². The van der Waals surface area contributed by atoms with E-state index in [-0.39, 0.29) is 34.1 Å². The molecule has 0 radical (unpaired) electrons. The average molecular weight is 426 g/mol. The number of carbonyl (C=O) groups excluding carboxylic acids is 2. The van der Waals surface area contributed by atoms with Gasteiger partial charge in [-0.15, -0.1) is 0 Å². The minimum absolute atomic E-state index is 0.0264. The Morgan fingerprint density at radius 1 is 1.06 bits per heavy atom. The van der Waals surface area contributed by atoms with Gasteiger partial charge in [0.15, 0.2) is 0 Å². The predicted octanol–water partition coefficient (Wildman–Crippen LogP) is 2.45. The van der Waals surface area contributed by atoms with Gasteiger partial charge in [-0.3, -0.25) is 19.7 Å². The molecule has 3 rings (SSSR count). The number of hydrogen-bond donors (Lipinski definition) is 3. The van der Waals surface area contributed by atoms with Crippen molar-refractivity contribution in [2.45, 2.75) is 19.3 Å². The molecule has 0 aliphatic carbocycles. The van der Waals surface area contributed by atoms with Crippen molar-refractivity contribution in [3.05, 3.63) is 64.2 Å². The third-order valence-corrected chi connectivity index (χ3v) is 5.33. The maximum Gasteiger partial charge on any atom is 0.292 e. The molecule has 1 fully saturated rings. The van der Waals surface area contributed by atoms with Gasteiger partial charge in [0.05, 0.1) is 4.92 Å². The molecule has 2 aromatic carbocycles. The van der Waals surface area contributed by atoms with Crippen molar-refractivity contribution in [2.75, 3.05) is 31.1 Å². The Balaban J connectivity index is 1.37. The standard InChI is InChI=1S/C22H26N4O5/c27-18-6-3-5-17(15-18)22(29)24-12-4-11-23-21(28)16-9-13-25(14-10-16)19-7-1-2-8-20(19)26(30)31/h1-3,5-8,15-16,27H,4,9-14H2,(H,23,28)(H,24,29). The molecule has 9 heteroatoms. The molecule has 1 heterocycles. The monoisotopic (exact) mass is 426 g/mol. The van der Waals surface area contributed by atoms with Crippen LogP contribution in [0.4, 0.5) is 11.4 Å². The number of rotatable bonds is 8. The van der Waals surface area contributed by atoms with Gasteiger partial charge in [0.2, 0.25) is 5.91 Å². The van der Waals surface area contributed by atoms with Crippen LogP contribution in [-0.4, -0.2) is 48.0 Å². The largest absolute Gasteiger partial charge is 0.508 e. The number of hydrogen-bond acceptors (Lipinski definition) is 6. The van der Waals surface area contributed by atoms with Gasteiger partial charge >= 0.3 is 0 Å². The Bertz CT molecular complexity index is 941. The van der Waals surface area contributed by atoms with Crippen molar-refractivity contribution in [3.8, 4) is 5.75 Å². The number of piperidine rings is 1. The summed E-state index contributed by atoms with van der Waals surface area (Å²) in [5.74, 6) is -0.389. The van der Waals surface area contributed by atoms with Gasteiger partial charge in [0, 0.05) is 43.7 Å². The summed E-state index contributed by atoms with van der Waals surface area (Å²) in [7, 11) is 0. The quantitative estimate of drug-likeness (QED) is 0.338. The first kappa shape index (κ1) is 22.1. The third kappa shape index (κ3) is 5.94. The molecule has 1 aliphatic heterocycles. The summed E-state index contributed by atoms with van der Waals surface area (Å²) in [4.78, 5) is 37.2. The summed E-state index contributed by atoms with van der Waals surface area (Å²) in [6.07, 6.45) is 1.85. The summed E-state index contributed by atoms with van der Waals surface area (Å²) >= 11 is 0. The molecule has 9 nitrogen and oxygen atoms in total. The molecule has 0 spiro atoms. The van der Waals surface area contributed by atoms with E-state index in [2.05, 4.69) is 10.6 Å². The summed E-state index contributed by atoms with van der Waals surface area (Å²) in [5.41, 5.74) is 1.06. The first-order chi connectivity index (χ1) is 15.0. The number of nitrogens with zero attached hydrogens (tertiary/aromatic N) is 2. The van der Waals surface area contributed by atoms with Gasteiger partial charge in [0.1, 0.15) is 11.4 Å². The molecular formula is C22H26N4O5. The normalized spacial score (nSPS) is 14.1. The van der Waals surface area contributed by atoms with Crippen LogP contribution in [0.1, 0.15) is 29.6 Å². The van der Waals surface area contributed by atoms with Crippen molar-refractivity contribution in [1.82, 2.24) is 10.6 Å². The first-order valence-corrected chi connectivity index (χ1v) is 10.3. The molecule has 164 valence electrons. The first-order valence-electron chi connectivity index (χ1n) is 10.3. The van der Waals surface area contributed by atoms with Crippen LogP contribution in [0.15, 0.2) is 48.5 Å². The second kappa shape index (κ2) is 10.4. The number of nitro benzene ring substituents is 1. The Labute approximate surface area is 180 Å². The SMILES string of the molecule is O=C(NCCCNC(=O)C1CCN(c2ccccc2[N+](=O)[O-])CC1)c1cccc(O)c1. The molecule has 3 N–H and O–H groups in total. The average Bonchev–Trinajstić information content (AvgIpc) is 2.78. The zero-order valence-corrected chi connectivity index (χ0v) is 17.1. The van der Waals surface area contributed by atoms with Gasteiger partial charge in [-0.25, -0.2) is 0 Å². The van der Waals surface area contributed by atoms with Crippen LogP contribution in [0.2, 0.25) is 0 Å². The van der Waals surface area contributed by atoms with Gasteiger partial charge in [-0.1, -0.05) is 18.2 Å². The Hall–Kier alpha value is -3.62. The predicted molar refractivity (Wildman–Crippen MR) is 116 cm³/mol. The topological polar surface area (TPSA) is 125 Å². The molecule has 0 saturated carbocycles. The number of anilines is 1. The second-order valence-electron chi connectivity index (χ2n) is 7.46. The van der Waals surface area contributed by atoms with E-state index in [1.165, 1.54) is 18.2 Å². The lowest BCUT2D eigenvalue weighted by Crippen LogP contribution is -2.41. The summed E-state index contributed by atoms with van der Waals surface area (Å²) in [6, 6.07) is 12.8. The summed E-state index contributed by atoms with van der Waals surface area (Å²) in [6.45, 7) is 2.03. The van der Waals surface area contributed by atoms with Crippen molar-refractivity contribution in [2.24, 2.45) is 5.92 Å². The smallest absolute Gasteiger partial charge is 0.292 e. The van der Waals surface area contributed by atoms with E-state index in [0.717, 1.165) is 0 Å². The van der Waals surface area contributed by atoms with Crippen molar-refractivity contribution < 1.29 is 19.6 Å². The molecule has 2 amide bonds. The molecule has 0 aromatic heterocycles. The molecule has 1 saturated heterocycles. The van der Waals surface area contributed by atoms with Gasteiger partial charge < -0.3 is 20.6 Å². The highest BCUT2D eigenvalue weighted by Crippen LogP contribution is 2.31. The van der Waals surface area contributed by atoms with Crippen LogP contribution < -0.4 is 15.5 Å². The fourth-order valence-electron chi connectivity index (χ4n) is 3.66. The summed E-state index contributed by atoms with van der Waals surface area (Å²) in [5, 5.41) is 26.3. The lowest BCUT2D eigenvalue weighted by Gasteiger charge is -2.32. The molecule has 2 aromatic rings. The minimum Gasteiger partial charge on any atom is -0.508 e. The number of carbonyl (C=O) groups is 2. The number of amides is 2. The molecule has 1 aliphatic rings. The minimum atomic E-state index is -0.382. The van der Waals surface area contributed by atoms with E-state index in [9.17, 15) is 24.8 Å². The van der Waals surface area contributed by atoms with E-state index in [4.69, 9.17) is 0 Å². The van der Waals surface area contributed by atoms with Crippen LogP contribution in [0, 0.1) is 16.0 Å². The van der Waals surface area contributed by atoms with E-state index < -0.39 is 0 Å². The van der Waals surface area contributed by atoms with E-state index in [1.807, 2.05) is 4.90 Å². The number of para-hydroxylation sites is 2. The van der Waals surface area contributed by atoms with Crippen molar-refractivity contribution in [3.63, 3.8) is 0 Å². The van der Waals surface area contributed by atoms with Crippen LogP contribution in [0.3, 0.4) is 0 Å². The van der Waals surface area contributed by atoms with E-state index in [1.54, 1.807) is 30.3 Å². The van der Waals surface area contributed by atoms with Crippen LogP contribution in [-0.2, 0) is 4.79 Å². The maximum atomic E-state index is 12.4. The number of phenols is 1. The molecule has 0 atom stereocenters. The highest BCUT2D eigenvalue weighted by Gasteiger charge is 2.27. The van der Waals surface area contributed by atoms with Gasteiger partial charge in [-0.2, -0.15) is 0 Å². The highest BCUT2D eigenvalue weighted by atomic mass is 16.6. The van der Waals surface area contributed by atoms with Gasteiger partial charge in [-0.05, 0) is 43.5 Å². The lowest BCUT2D eigenvalue weighted by atomic mass is 9.95. The van der Waals surface area contributed by atoms with Crippen LogP contribution in [0.25, 0.3) is 0 Å². The zero-order chi connectivity index (χ0) is 22.2. The zero-order valence-electron chi connectivity index (χ0n) is 17.1. The van der Waals surface area contributed by atoms with Crippen LogP contribution in [0.5, 0.6) is 5.75 Å². The maximum absolute atomic E-state index is 12.4.